The number of aryl methyl sites for hydroxylation is 3. The van der Waals surface area contributed by atoms with Crippen molar-refractivity contribution in [1.29, 1.82) is 0 Å². The highest BCUT2D eigenvalue weighted by Gasteiger charge is 2.18. The molecule has 0 aliphatic rings. The molecule has 6 aromatic carbocycles. The molecule has 0 fully saturated rings. The Hall–Kier alpha value is -7.15. The predicted octanol–water partition coefficient (Wildman–Crippen LogP) is 7.37. The van der Waals surface area contributed by atoms with Crippen LogP contribution in [0.25, 0.3) is 0 Å². The van der Waals surface area contributed by atoms with Gasteiger partial charge in [-0.05, 0) is 129 Å². The second-order valence-electron chi connectivity index (χ2n) is 20.1. The molecular formula is C65H85N3O13. The van der Waals surface area contributed by atoms with Gasteiger partial charge in [-0.15, -0.1) is 0 Å². The van der Waals surface area contributed by atoms with Crippen molar-refractivity contribution in [3.63, 3.8) is 0 Å². The van der Waals surface area contributed by atoms with Crippen molar-refractivity contribution in [3.8, 4) is 17.2 Å². The Morgan fingerprint density at radius 2 is 0.704 bits per heavy atom. The average molecular weight is 1120 g/mol. The van der Waals surface area contributed by atoms with Gasteiger partial charge in [0.05, 0.1) is 89.3 Å². The molecule has 0 spiro atoms. The van der Waals surface area contributed by atoms with Crippen LogP contribution in [0.1, 0.15) is 73.4 Å². The topological polar surface area (TPSA) is 246 Å². The zero-order chi connectivity index (χ0) is 58.5. The second kappa shape index (κ2) is 39.3. The fourth-order valence-corrected chi connectivity index (χ4v) is 8.21. The minimum Gasteiger partial charge on any atom is -0.508 e. The smallest absolute Gasteiger partial charge is 0.220 e. The summed E-state index contributed by atoms with van der Waals surface area (Å²) in [4.78, 5) is 37.0. The quantitative estimate of drug-likeness (QED) is 0.0183. The van der Waals surface area contributed by atoms with E-state index < -0.39 is 12.2 Å². The molecule has 438 valence electrons. The summed E-state index contributed by atoms with van der Waals surface area (Å²) in [5.74, 6) is 0.553. The maximum absolute atomic E-state index is 12.5. The van der Waals surface area contributed by atoms with Crippen LogP contribution in [0, 0.1) is 0 Å². The van der Waals surface area contributed by atoms with Crippen LogP contribution in [0.2, 0.25) is 0 Å². The molecule has 16 nitrogen and oxygen atoms in total. The summed E-state index contributed by atoms with van der Waals surface area (Å²) in [5.41, 5.74) is 6.38. The summed E-state index contributed by atoms with van der Waals surface area (Å²) in [6.45, 7) is 7.28. The van der Waals surface area contributed by atoms with Crippen molar-refractivity contribution < 1.29 is 64.0 Å². The highest BCUT2D eigenvalue weighted by molar-refractivity contribution is 5.77. The van der Waals surface area contributed by atoms with Gasteiger partial charge in [0.15, 0.2) is 0 Å². The van der Waals surface area contributed by atoms with Crippen LogP contribution in [-0.4, -0.2) is 138 Å². The van der Waals surface area contributed by atoms with Crippen molar-refractivity contribution in [2.75, 3.05) is 52.9 Å². The van der Waals surface area contributed by atoms with E-state index >= 15 is 0 Å². The Bertz CT molecular complexity index is 2590. The van der Waals surface area contributed by atoms with E-state index in [2.05, 4.69) is 16.0 Å². The molecule has 16 heteroatoms. The number of amides is 3. The molecule has 6 atom stereocenters. The van der Waals surface area contributed by atoms with E-state index in [-0.39, 0.29) is 85.6 Å². The van der Waals surface area contributed by atoms with Crippen LogP contribution < -0.4 is 16.0 Å². The number of carbonyl (C=O) groups is 3. The number of ether oxygens (including phenoxy) is 4. The molecule has 9 N–H and O–H groups in total. The summed E-state index contributed by atoms with van der Waals surface area (Å²) < 4.78 is 22.2. The SMILES string of the molecule is CC(O)COC(C)COCC(Cc1ccc(O)cc1)NC(=O)CCc1ccccc1.CC(O)COCC(Cc1ccc(O)cc1)NC(=O)CCc1ccccc1.O=C(CCc1ccccc1)NC(COCCO)Cc1ccc(O)cc1. The zero-order valence-corrected chi connectivity index (χ0v) is 47.1. The summed E-state index contributed by atoms with van der Waals surface area (Å²) in [6, 6.07) is 49.9. The van der Waals surface area contributed by atoms with E-state index in [1.165, 1.54) is 0 Å². The summed E-state index contributed by atoms with van der Waals surface area (Å²) in [5, 5.41) is 64.8. The van der Waals surface area contributed by atoms with Crippen LogP contribution >= 0.6 is 0 Å². The molecule has 6 unspecified atom stereocenters. The maximum Gasteiger partial charge on any atom is 0.220 e. The highest BCUT2D eigenvalue weighted by Crippen LogP contribution is 2.16. The van der Waals surface area contributed by atoms with Crippen molar-refractivity contribution in [3.05, 3.63) is 197 Å². The third kappa shape index (κ3) is 31.4. The number of hydrogen-bond acceptors (Lipinski definition) is 13. The van der Waals surface area contributed by atoms with Gasteiger partial charge >= 0.3 is 0 Å². The minimum atomic E-state index is -0.543. The average Bonchev–Trinajstić information content (AvgIpc) is 3.46. The van der Waals surface area contributed by atoms with E-state index in [9.17, 15) is 39.9 Å². The first-order valence-electron chi connectivity index (χ1n) is 27.8. The molecular weight excluding hydrogens is 1030 g/mol. The van der Waals surface area contributed by atoms with Crippen LogP contribution in [0.5, 0.6) is 17.2 Å². The van der Waals surface area contributed by atoms with Gasteiger partial charge in [-0.25, -0.2) is 0 Å². The lowest BCUT2D eigenvalue weighted by Crippen LogP contribution is -2.40. The molecule has 6 rings (SSSR count). The third-order valence-electron chi connectivity index (χ3n) is 12.3. The molecule has 0 aromatic heterocycles. The van der Waals surface area contributed by atoms with Crippen LogP contribution in [-0.2, 0) is 71.9 Å². The molecule has 6 aromatic rings. The van der Waals surface area contributed by atoms with E-state index in [0.717, 1.165) is 33.4 Å². The Morgan fingerprint density at radius 1 is 0.395 bits per heavy atom. The van der Waals surface area contributed by atoms with E-state index in [1.54, 1.807) is 50.2 Å². The first kappa shape index (κ1) is 66.4. The Kier molecular flexibility index (Phi) is 32.2. The van der Waals surface area contributed by atoms with Gasteiger partial charge in [-0.3, -0.25) is 14.4 Å². The van der Waals surface area contributed by atoms with Crippen molar-refractivity contribution in [1.82, 2.24) is 16.0 Å². The molecule has 0 radical (unpaired) electrons. The van der Waals surface area contributed by atoms with Gasteiger partial charge in [-0.1, -0.05) is 127 Å². The first-order chi connectivity index (χ1) is 39.1. The second-order valence-corrected chi connectivity index (χ2v) is 20.1. The number of aliphatic hydroxyl groups is 3. The van der Waals surface area contributed by atoms with Gasteiger partial charge in [0.2, 0.25) is 17.7 Å². The summed E-state index contributed by atoms with van der Waals surface area (Å²) in [6.07, 6.45) is 3.87. The van der Waals surface area contributed by atoms with Gasteiger partial charge in [0.25, 0.3) is 0 Å². The van der Waals surface area contributed by atoms with Crippen LogP contribution in [0.15, 0.2) is 164 Å². The van der Waals surface area contributed by atoms with Crippen molar-refractivity contribution in [2.24, 2.45) is 0 Å². The lowest BCUT2D eigenvalue weighted by atomic mass is 10.1. The summed E-state index contributed by atoms with van der Waals surface area (Å²) in [7, 11) is 0. The molecule has 0 heterocycles. The molecule has 81 heavy (non-hydrogen) atoms. The lowest BCUT2D eigenvalue weighted by molar-refractivity contribution is -0.123. The molecule has 0 aliphatic heterocycles. The van der Waals surface area contributed by atoms with Crippen LogP contribution in [0.4, 0.5) is 0 Å². The van der Waals surface area contributed by atoms with E-state index in [0.29, 0.717) is 84.2 Å². The predicted molar refractivity (Wildman–Crippen MR) is 314 cm³/mol. The third-order valence-corrected chi connectivity index (χ3v) is 12.3. The number of nitrogens with one attached hydrogen (secondary N) is 3. The molecule has 0 aliphatic carbocycles. The molecule has 3 amide bonds. The minimum absolute atomic E-state index is 0.0235. The van der Waals surface area contributed by atoms with E-state index in [1.807, 2.05) is 134 Å². The number of carbonyl (C=O) groups excluding carboxylic acids is 3. The van der Waals surface area contributed by atoms with Gasteiger partial charge in [-0.2, -0.15) is 0 Å². The molecule has 0 saturated heterocycles. The number of phenolic OH excluding ortho intramolecular Hbond substituents is 3. The lowest BCUT2D eigenvalue weighted by Gasteiger charge is -2.21. The zero-order valence-electron chi connectivity index (χ0n) is 47.1. The number of benzene rings is 6. The normalized spacial score (nSPS) is 13.1. The number of hydrogen-bond donors (Lipinski definition) is 9. The first-order valence-corrected chi connectivity index (χ1v) is 27.8. The fraction of sp³-hybridized carbons (Fsp3) is 0.400. The Morgan fingerprint density at radius 3 is 1.01 bits per heavy atom. The maximum atomic E-state index is 12.5. The van der Waals surface area contributed by atoms with Crippen molar-refractivity contribution >= 4 is 17.7 Å². The monoisotopic (exact) mass is 1120 g/mol. The Balaban J connectivity index is 0.000000263. The Labute approximate surface area is 478 Å². The van der Waals surface area contributed by atoms with Gasteiger partial charge in [0, 0.05) is 19.3 Å². The molecule has 0 saturated carbocycles. The number of phenols is 3. The standard InChI is InChI=1S/C24H33NO5.C21H27NO4.C20H25NO4/c1-18(26)15-30-19(2)16-29-17-22(14-21-8-11-23(27)12-9-21)25-24(28)13-10-20-6-4-3-5-7-20;1-16(23)14-26-15-19(13-18-7-10-20(24)11-8-18)22-21(25)12-9-17-5-3-2-4-6-17;22-12-13-25-15-18(14-17-6-9-19(23)10-7-17)21-20(24)11-8-16-4-2-1-3-5-16/h3-9,11-12,18-19,22,26-27H,10,13-17H2,1-2H3,(H,25,28);2-8,10-11,16,19,23-24H,9,12-15H2,1H3,(H,22,25);1-7,9-10,18,22-23H,8,11-15H2,(H,21,24). The highest BCUT2D eigenvalue weighted by atomic mass is 16.5. The number of rotatable bonds is 33. The van der Waals surface area contributed by atoms with Gasteiger partial charge < -0.3 is 65.5 Å². The number of aromatic hydroxyl groups is 3. The van der Waals surface area contributed by atoms with E-state index in [4.69, 9.17) is 24.1 Å². The van der Waals surface area contributed by atoms with Gasteiger partial charge in [0.1, 0.15) is 17.2 Å². The molecule has 0 bridgehead atoms. The fourth-order valence-electron chi connectivity index (χ4n) is 8.21. The summed E-state index contributed by atoms with van der Waals surface area (Å²) >= 11 is 0. The number of aliphatic hydroxyl groups excluding tert-OH is 3. The van der Waals surface area contributed by atoms with Crippen molar-refractivity contribution in [2.45, 2.75) is 115 Å². The largest absolute Gasteiger partial charge is 0.508 e. The van der Waals surface area contributed by atoms with Crippen LogP contribution in [0.3, 0.4) is 0 Å².